The van der Waals surface area contributed by atoms with E-state index in [1.54, 1.807) is 28.4 Å². The lowest BCUT2D eigenvalue weighted by atomic mass is 9.94. The SMILES string of the molecule is COc1ccc(C(=Cc2ccc(-c3ccc(C=C(c4ccc(OC)cc4)c4ccc(OC)cc4)cc3)cc2)c2ccc(OC)cc2)cc1. The van der Waals surface area contributed by atoms with E-state index in [-0.39, 0.29) is 0 Å². The second-order valence-electron chi connectivity index (χ2n) is 11.3. The Hall–Kier alpha value is -6.00. The molecule has 0 saturated carbocycles. The van der Waals surface area contributed by atoms with Gasteiger partial charge in [0.15, 0.2) is 0 Å². The Kier molecular flexibility index (Phi) is 10.0. The monoisotopic (exact) mass is 630 g/mol. The summed E-state index contributed by atoms with van der Waals surface area (Å²) in [6.45, 7) is 0. The fraction of sp³-hybridized carbons (Fsp3) is 0.0909. The van der Waals surface area contributed by atoms with Crippen LogP contribution in [0.2, 0.25) is 0 Å². The summed E-state index contributed by atoms with van der Waals surface area (Å²) in [5.41, 5.74) is 11.2. The molecular weight excluding hydrogens is 592 g/mol. The van der Waals surface area contributed by atoms with Gasteiger partial charge in [-0.2, -0.15) is 0 Å². The van der Waals surface area contributed by atoms with Crippen LogP contribution >= 0.6 is 0 Å². The van der Waals surface area contributed by atoms with Crippen LogP contribution in [0.4, 0.5) is 0 Å². The van der Waals surface area contributed by atoms with E-state index >= 15 is 0 Å². The fourth-order valence-corrected chi connectivity index (χ4v) is 5.63. The minimum atomic E-state index is 0.830. The molecule has 238 valence electrons. The Morgan fingerprint density at radius 2 is 0.542 bits per heavy atom. The van der Waals surface area contributed by atoms with Crippen molar-refractivity contribution in [1.29, 1.82) is 0 Å². The van der Waals surface area contributed by atoms with Crippen LogP contribution in [-0.4, -0.2) is 28.4 Å². The molecule has 6 rings (SSSR count). The second kappa shape index (κ2) is 15.1. The summed E-state index contributed by atoms with van der Waals surface area (Å²) in [5, 5.41) is 0. The summed E-state index contributed by atoms with van der Waals surface area (Å²) in [5.74, 6) is 3.32. The first-order valence-corrected chi connectivity index (χ1v) is 15.8. The molecule has 0 atom stereocenters. The highest BCUT2D eigenvalue weighted by molar-refractivity contribution is 5.93. The van der Waals surface area contributed by atoms with Gasteiger partial charge in [-0.25, -0.2) is 0 Å². The number of benzene rings is 6. The van der Waals surface area contributed by atoms with Crippen molar-refractivity contribution < 1.29 is 18.9 Å². The lowest BCUT2D eigenvalue weighted by Crippen LogP contribution is -1.91. The zero-order valence-corrected chi connectivity index (χ0v) is 27.6. The lowest BCUT2D eigenvalue weighted by Gasteiger charge is -2.12. The number of methoxy groups -OCH3 is 4. The van der Waals surface area contributed by atoms with Crippen molar-refractivity contribution in [2.75, 3.05) is 28.4 Å². The van der Waals surface area contributed by atoms with Crippen molar-refractivity contribution in [3.63, 3.8) is 0 Å². The predicted octanol–water partition coefficient (Wildman–Crippen LogP) is 10.6. The third-order valence-corrected chi connectivity index (χ3v) is 8.38. The molecule has 0 aliphatic rings. The topological polar surface area (TPSA) is 36.9 Å². The van der Waals surface area contributed by atoms with Crippen LogP contribution in [-0.2, 0) is 0 Å². The molecule has 0 heterocycles. The Morgan fingerprint density at radius 1 is 0.312 bits per heavy atom. The molecule has 6 aromatic carbocycles. The van der Waals surface area contributed by atoms with Crippen molar-refractivity contribution in [2.45, 2.75) is 0 Å². The summed E-state index contributed by atoms with van der Waals surface area (Å²) in [4.78, 5) is 0. The van der Waals surface area contributed by atoms with Crippen molar-refractivity contribution in [3.05, 3.63) is 179 Å². The van der Waals surface area contributed by atoms with E-state index in [1.807, 2.05) is 48.5 Å². The third kappa shape index (κ3) is 7.51. The number of rotatable bonds is 11. The van der Waals surface area contributed by atoms with Gasteiger partial charge in [-0.1, -0.05) is 97.1 Å². The Bertz CT molecular complexity index is 1740. The molecule has 0 unspecified atom stereocenters. The van der Waals surface area contributed by atoms with Gasteiger partial charge in [0, 0.05) is 0 Å². The van der Waals surface area contributed by atoms with Gasteiger partial charge >= 0.3 is 0 Å². The average molecular weight is 631 g/mol. The van der Waals surface area contributed by atoms with Gasteiger partial charge in [0.2, 0.25) is 0 Å². The summed E-state index contributed by atoms with van der Waals surface area (Å²) in [6, 6.07) is 50.0. The fourth-order valence-electron chi connectivity index (χ4n) is 5.63. The highest BCUT2D eigenvalue weighted by Gasteiger charge is 2.09. The highest BCUT2D eigenvalue weighted by Crippen LogP contribution is 2.32. The molecule has 6 aromatic rings. The summed E-state index contributed by atoms with van der Waals surface area (Å²) < 4.78 is 21.6. The zero-order chi connectivity index (χ0) is 33.3. The Balaban J connectivity index is 1.28. The van der Waals surface area contributed by atoms with E-state index in [0.29, 0.717) is 0 Å². The van der Waals surface area contributed by atoms with Gasteiger partial charge < -0.3 is 18.9 Å². The van der Waals surface area contributed by atoms with E-state index < -0.39 is 0 Å². The molecule has 0 aliphatic heterocycles. The number of hydrogen-bond acceptors (Lipinski definition) is 4. The number of hydrogen-bond donors (Lipinski definition) is 0. The molecule has 0 aliphatic carbocycles. The summed E-state index contributed by atoms with van der Waals surface area (Å²) in [7, 11) is 6.74. The zero-order valence-electron chi connectivity index (χ0n) is 27.6. The minimum Gasteiger partial charge on any atom is -0.497 e. The van der Waals surface area contributed by atoms with Crippen molar-refractivity contribution in [3.8, 4) is 34.1 Å². The van der Waals surface area contributed by atoms with Crippen LogP contribution in [0.5, 0.6) is 23.0 Å². The summed E-state index contributed by atoms with van der Waals surface area (Å²) >= 11 is 0. The van der Waals surface area contributed by atoms with E-state index in [1.165, 1.54) is 0 Å². The van der Waals surface area contributed by atoms with Crippen LogP contribution < -0.4 is 18.9 Å². The predicted molar refractivity (Wildman–Crippen MR) is 198 cm³/mol. The normalized spacial score (nSPS) is 10.5. The molecule has 48 heavy (non-hydrogen) atoms. The van der Waals surface area contributed by atoms with Crippen molar-refractivity contribution in [1.82, 2.24) is 0 Å². The number of ether oxygens (including phenoxy) is 4. The van der Waals surface area contributed by atoms with Crippen molar-refractivity contribution in [2.24, 2.45) is 0 Å². The van der Waals surface area contributed by atoms with Crippen LogP contribution in [0.15, 0.2) is 146 Å². The molecule has 0 bridgehead atoms. The molecule has 0 N–H and O–H groups in total. The molecule has 4 nitrogen and oxygen atoms in total. The van der Waals surface area contributed by atoms with Crippen LogP contribution in [0.1, 0.15) is 33.4 Å². The van der Waals surface area contributed by atoms with E-state index in [0.717, 1.165) is 78.7 Å². The molecular formula is C44H38O4. The summed E-state index contributed by atoms with van der Waals surface area (Å²) in [6.07, 6.45) is 4.45. The quantitative estimate of drug-likeness (QED) is 0.134. The smallest absolute Gasteiger partial charge is 0.118 e. The van der Waals surface area contributed by atoms with Gasteiger partial charge in [-0.05, 0) is 116 Å². The first-order valence-electron chi connectivity index (χ1n) is 15.8. The Labute approximate surface area is 283 Å². The first-order chi connectivity index (χ1) is 23.6. The van der Waals surface area contributed by atoms with Gasteiger partial charge in [0.25, 0.3) is 0 Å². The van der Waals surface area contributed by atoms with E-state index in [2.05, 4.69) is 109 Å². The average Bonchev–Trinajstić information content (AvgIpc) is 3.17. The highest BCUT2D eigenvalue weighted by atomic mass is 16.5. The molecule has 0 fully saturated rings. The third-order valence-electron chi connectivity index (χ3n) is 8.38. The first kappa shape index (κ1) is 32.0. The molecule has 0 amide bonds. The molecule has 0 aromatic heterocycles. The van der Waals surface area contributed by atoms with Gasteiger partial charge in [-0.3, -0.25) is 0 Å². The van der Waals surface area contributed by atoms with Crippen molar-refractivity contribution >= 4 is 23.3 Å². The van der Waals surface area contributed by atoms with Crippen LogP contribution in [0.25, 0.3) is 34.4 Å². The second-order valence-corrected chi connectivity index (χ2v) is 11.3. The van der Waals surface area contributed by atoms with E-state index in [9.17, 15) is 0 Å². The standard InChI is InChI=1S/C44H38O4/c1-45-39-21-13-35(14-22-39)43(36-15-23-40(46-2)24-16-36)29-31-5-9-33(10-6-31)34-11-7-32(8-12-34)30-44(37-17-25-41(47-3)26-18-37)38-19-27-42(48-4)28-20-38/h5-30H,1-4H3. The Morgan fingerprint density at radius 3 is 0.750 bits per heavy atom. The maximum absolute atomic E-state index is 5.39. The van der Waals surface area contributed by atoms with E-state index in [4.69, 9.17) is 18.9 Å². The van der Waals surface area contributed by atoms with Gasteiger partial charge in [0.05, 0.1) is 28.4 Å². The maximum atomic E-state index is 5.39. The van der Waals surface area contributed by atoms with Gasteiger partial charge in [-0.15, -0.1) is 0 Å². The molecule has 0 radical (unpaired) electrons. The molecule has 4 heteroatoms. The lowest BCUT2D eigenvalue weighted by molar-refractivity contribution is 0.414. The maximum Gasteiger partial charge on any atom is 0.118 e. The van der Waals surface area contributed by atoms with Gasteiger partial charge in [0.1, 0.15) is 23.0 Å². The van der Waals surface area contributed by atoms with Crippen LogP contribution in [0.3, 0.4) is 0 Å². The molecule has 0 spiro atoms. The largest absolute Gasteiger partial charge is 0.497 e. The van der Waals surface area contributed by atoms with Crippen LogP contribution in [0, 0.1) is 0 Å². The minimum absolute atomic E-state index is 0.830. The molecule has 0 saturated heterocycles.